The van der Waals surface area contributed by atoms with Crippen LogP contribution >= 0.6 is 11.6 Å². The Balaban J connectivity index is 1.88. The molecule has 1 aliphatic rings. The lowest BCUT2D eigenvalue weighted by Gasteiger charge is -2.28. The molecule has 4 rings (SSSR count). The molecule has 8 nitrogen and oxygen atoms in total. The molecule has 0 spiro atoms. The number of hydrogen-bond donors (Lipinski definition) is 1. The number of ether oxygens (including phenoxy) is 1. The molecule has 0 bridgehead atoms. The van der Waals surface area contributed by atoms with Crippen LogP contribution in [0.3, 0.4) is 0 Å². The summed E-state index contributed by atoms with van der Waals surface area (Å²) in [5, 5.41) is 3.72. The first-order chi connectivity index (χ1) is 11.2. The third-order valence-electron chi connectivity index (χ3n) is 3.57. The number of nitrogens with zero attached hydrogens (tertiary/aromatic N) is 6. The van der Waals surface area contributed by atoms with Crippen LogP contribution in [0.1, 0.15) is 5.82 Å². The van der Waals surface area contributed by atoms with Crippen LogP contribution < -0.4 is 4.90 Å². The van der Waals surface area contributed by atoms with Gasteiger partial charge in [-0.1, -0.05) is 0 Å². The maximum absolute atomic E-state index is 13.2. The van der Waals surface area contributed by atoms with Gasteiger partial charge in [0.1, 0.15) is 11.3 Å². The van der Waals surface area contributed by atoms with E-state index in [9.17, 15) is 4.39 Å². The SMILES string of the molecule is Fc1ccn(-c2nc(N3CCOCC3)c3[nH]c(CCl)nc3n2)n1. The van der Waals surface area contributed by atoms with E-state index in [1.54, 1.807) is 0 Å². The maximum Gasteiger partial charge on any atom is 0.254 e. The summed E-state index contributed by atoms with van der Waals surface area (Å²) in [6.07, 6.45) is 1.47. The molecule has 0 unspecified atom stereocenters. The van der Waals surface area contributed by atoms with Gasteiger partial charge < -0.3 is 14.6 Å². The highest BCUT2D eigenvalue weighted by molar-refractivity contribution is 6.16. The lowest BCUT2D eigenvalue weighted by Crippen LogP contribution is -2.37. The Morgan fingerprint density at radius 2 is 2.09 bits per heavy atom. The van der Waals surface area contributed by atoms with Gasteiger partial charge in [-0.25, -0.2) is 9.67 Å². The summed E-state index contributed by atoms with van der Waals surface area (Å²) in [6.45, 7) is 2.64. The van der Waals surface area contributed by atoms with Crippen molar-refractivity contribution in [1.82, 2.24) is 29.7 Å². The second kappa shape index (κ2) is 5.74. The average molecular weight is 338 g/mol. The van der Waals surface area contributed by atoms with Gasteiger partial charge in [0.2, 0.25) is 5.95 Å². The largest absolute Gasteiger partial charge is 0.378 e. The summed E-state index contributed by atoms with van der Waals surface area (Å²) >= 11 is 5.85. The molecule has 0 aliphatic carbocycles. The molecule has 3 aromatic rings. The second-order valence-corrected chi connectivity index (χ2v) is 5.31. The first-order valence-electron chi connectivity index (χ1n) is 7.11. The molecule has 1 N–H and O–H groups in total. The molecule has 0 saturated carbocycles. The summed E-state index contributed by atoms with van der Waals surface area (Å²) in [6, 6.07) is 1.25. The lowest BCUT2D eigenvalue weighted by atomic mass is 10.4. The van der Waals surface area contributed by atoms with E-state index in [-0.39, 0.29) is 11.8 Å². The van der Waals surface area contributed by atoms with Gasteiger partial charge in [-0.3, -0.25) is 0 Å². The molecule has 1 fully saturated rings. The Kier molecular flexibility index (Phi) is 3.58. The van der Waals surface area contributed by atoms with Crippen molar-refractivity contribution < 1.29 is 9.13 Å². The second-order valence-electron chi connectivity index (χ2n) is 5.05. The van der Waals surface area contributed by atoms with Crippen molar-refractivity contribution in [3.05, 3.63) is 24.0 Å². The molecule has 1 aliphatic heterocycles. The Morgan fingerprint density at radius 3 is 2.78 bits per heavy atom. The summed E-state index contributed by atoms with van der Waals surface area (Å²) < 4.78 is 19.9. The number of rotatable bonds is 3. The number of alkyl halides is 1. The van der Waals surface area contributed by atoms with Gasteiger partial charge in [-0.15, -0.1) is 16.7 Å². The normalized spacial score (nSPS) is 15.5. The van der Waals surface area contributed by atoms with E-state index in [0.717, 1.165) is 0 Å². The number of hydrogen-bond acceptors (Lipinski definition) is 6. The number of morpholine rings is 1. The Morgan fingerprint density at radius 1 is 1.26 bits per heavy atom. The van der Waals surface area contributed by atoms with Gasteiger partial charge in [-0.2, -0.15) is 14.4 Å². The highest BCUT2D eigenvalue weighted by Gasteiger charge is 2.20. The summed E-state index contributed by atoms with van der Waals surface area (Å²) in [5.74, 6) is 1.20. The molecule has 0 aromatic carbocycles. The fourth-order valence-electron chi connectivity index (χ4n) is 2.50. The summed E-state index contributed by atoms with van der Waals surface area (Å²) in [5.41, 5.74) is 1.18. The average Bonchev–Trinajstić information content (AvgIpc) is 3.20. The lowest BCUT2D eigenvalue weighted by molar-refractivity contribution is 0.122. The Bertz CT molecular complexity index is 842. The van der Waals surface area contributed by atoms with Crippen molar-refractivity contribution in [3.8, 4) is 5.95 Å². The predicted octanol–water partition coefficient (Wildman–Crippen LogP) is 1.25. The maximum atomic E-state index is 13.2. The van der Waals surface area contributed by atoms with E-state index in [1.807, 2.05) is 0 Å². The number of halogens is 2. The van der Waals surface area contributed by atoms with Crippen LogP contribution in [0.15, 0.2) is 12.3 Å². The molecule has 23 heavy (non-hydrogen) atoms. The van der Waals surface area contributed by atoms with E-state index in [2.05, 4.69) is 29.9 Å². The smallest absolute Gasteiger partial charge is 0.254 e. The first-order valence-corrected chi connectivity index (χ1v) is 7.65. The topological polar surface area (TPSA) is 84.8 Å². The zero-order chi connectivity index (χ0) is 15.8. The molecule has 0 atom stereocenters. The van der Waals surface area contributed by atoms with Gasteiger partial charge in [0, 0.05) is 25.4 Å². The number of aromatic nitrogens is 6. The fourth-order valence-corrected chi connectivity index (χ4v) is 2.63. The van der Waals surface area contributed by atoms with Crippen LogP contribution in [0.2, 0.25) is 0 Å². The van der Waals surface area contributed by atoms with E-state index in [0.29, 0.717) is 49.1 Å². The van der Waals surface area contributed by atoms with Crippen LogP contribution in [0.4, 0.5) is 10.2 Å². The molecule has 4 heterocycles. The number of imidazole rings is 1. The van der Waals surface area contributed by atoms with Crippen LogP contribution in [-0.4, -0.2) is 56.0 Å². The van der Waals surface area contributed by atoms with Gasteiger partial charge >= 0.3 is 0 Å². The van der Waals surface area contributed by atoms with Crippen molar-refractivity contribution >= 4 is 28.6 Å². The standard InChI is InChI=1S/C13H13ClFN7O/c14-7-9-16-10-11(17-9)18-13(22-2-1-8(15)20-22)19-12(10)21-3-5-23-6-4-21/h1-2H,3-7H2,(H,16,17,18,19). The zero-order valence-electron chi connectivity index (χ0n) is 12.0. The van der Waals surface area contributed by atoms with Crippen molar-refractivity contribution in [2.24, 2.45) is 0 Å². The highest BCUT2D eigenvalue weighted by atomic mass is 35.5. The highest BCUT2D eigenvalue weighted by Crippen LogP contribution is 2.24. The fraction of sp³-hybridized carbons (Fsp3) is 0.385. The monoisotopic (exact) mass is 337 g/mol. The number of H-pyrrole nitrogens is 1. The zero-order valence-corrected chi connectivity index (χ0v) is 12.8. The van der Waals surface area contributed by atoms with E-state index in [1.165, 1.54) is 16.9 Å². The Labute approximate surface area is 135 Å². The molecule has 0 amide bonds. The number of nitrogens with one attached hydrogen (secondary N) is 1. The third-order valence-corrected chi connectivity index (χ3v) is 3.82. The van der Waals surface area contributed by atoms with Gasteiger partial charge in [0.15, 0.2) is 11.5 Å². The minimum atomic E-state index is -0.593. The van der Waals surface area contributed by atoms with Gasteiger partial charge in [-0.05, 0) is 0 Å². The quantitative estimate of drug-likeness (QED) is 0.724. The number of aromatic amines is 1. The predicted molar refractivity (Wildman–Crippen MR) is 81.4 cm³/mol. The molecule has 3 aromatic heterocycles. The molecule has 10 heteroatoms. The van der Waals surface area contributed by atoms with Crippen LogP contribution in [0.25, 0.3) is 17.1 Å². The van der Waals surface area contributed by atoms with E-state index < -0.39 is 5.95 Å². The molecular formula is C13H13ClFN7O. The molecular weight excluding hydrogens is 325 g/mol. The minimum absolute atomic E-state index is 0.241. The van der Waals surface area contributed by atoms with E-state index >= 15 is 0 Å². The van der Waals surface area contributed by atoms with Crippen molar-refractivity contribution in [1.29, 1.82) is 0 Å². The van der Waals surface area contributed by atoms with Gasteiger partial charge in [0.25, 0.3) is 5.95 Å². The summed E-state index contributed by atoms with van der Waals surface area (Å²) in [4.78, 5) is 18.4. The Hall–Kier alpha value is -2.26. The van der Waals surface area contributed by atoms with Crippen molar-refractivity contribution in [2.45, 2.75) is 5.88 Å². The molecule has 120 valence electrons. The van der Waals surface area contributed by atoms with Crippen molar-refractivity contribution in [3.63, 3.8) is 0 Å². The molecule has 0 radical (unpaired) electrons. The number of fused-ring (bicyclic) bond motifs is 1. The van der Waals surface area contributed by atoms with Gasteiger partial charge in [0.05, 0.1) is 19.1 Å². The van der Waals surface area contributed by atoms with E-state index in [4.69, 9.17) is 16.3 Å². The number of anilines is 1. The summed E-state index contributed by atoms with van der Waals surface area (Å²) in [7, 11) is 0. The minimum Gasteiger partial charge on any atom is -0.378 e. The molecule has 1 saturated heterocycles. The van der Waals surface area contributed by atoms with Crippen LogP contribution in [-0.2, 0) is 10.6 Å². The van der Waals surface area contributed by atoms with Crippen molar-refractivity contribution in [2.75, 3.05) is 31.2 Å². The van der Waals surface area contributed by atoms with Crippen LogP contribution in [0, 0.1) is 5.95 Å². The van der Waals surface area contributed by atoms with Crippen LogP contribution in [0.5, 0.6) is 0 Å². The third kappa shape index (κ3) is 2.62. The first kappa shape index (κ1) is 14.3.